The van der Waals surface area contributed by atoms with E-state index in [2.05, 4.69) is 41.6 Å². The number of ether oxygens (including phenoxy) is 1. The van der Waals surface area contributed by atoms with Gasteiger partial charge in [0.15, 0.2) is 5.82 Å². The fourth-order valence-corrected chi connectivity index (χ4v) is 5.78. The summed E-state index contributed by atoms with van der Waals surface area (Å²) < 4.78 is 5.33. The average molecular weight is 659 g/mol. The van der Waals surface area contributed by atoms with Gasteiger partial charge in [0.2, 0.25) is 11.8 Å². The fourth-order valence-electron chi connectivity index (χ4n) is 5.55. The number of hydrogen-bond donors (Lipinski definition) is 4. The van der Waals surface area contributed by atoms with Gasteiger partial charge in [-0.3, -0.25) is 9.59 Å². The number of rotatable bonds is 10. The zero-order valence-electron chi connectivity index (χ0n) is 26.6. The van der Waals surface area contributed by atoms with E-state index in [0.29, 0.717) is 36.1 Å². The largest absolute Gasteiger partial charge is 0.444 e. The summed E-state index contributed by atoms with van der Waals surface area (Å²) >= 11 is 6.29. The van der Waals surface area contributed by atoms with Gasteiger partial charge in [0.25, 0.3) is 0 Å². The Labute approximate surface area is 278 Å². The smallest absolute Gasteiger partial charge is 0.407 e. The van der Waals surface area contributed by atoms with Crippen LogP contribution in [0.25, 0.3) is 22.5 Å². The topological polar surface area (TPSA) is 164 Å². The van der Waals surface area contributed by atoms with E-state index in [1.165, 1.54) is 0 Å². The fraction of sp³-hybridized carbons (Fsp3) is 0.382. The van der Waals surface area contributed by atoms with Crippen molar-refractivity contribution in [1.82, 2.24) is 36.2 Å². The van der Waals surface area contributed by atoms with Crippen LogP contribution in [0.15, 0.2) is 66.9 Å². The molecule has 2 aromatic heterocycles. The van der Waals surface area contributed by atoms with Gasteiger partial charge in [0.1, 0.15) is 16.8 Å². The molecule has 246 valence electrons. The third kappa shape index (κ3) is 9.58. The molecule has 0 unspecified atom stereocenters. The van der Waals surface area contributed by atoms with Gasteiger partial charge < -0.3 is 20.7 Å². The number of aromatic amines is 1. The number of anilines is 1. The second-order valence-corrected chi connectivity index (χ2v) is 13.1. The SMILES string of the molecule is CC(C)(C)OC(=O)NCC1CCC(C(=O)N[C@@H](Cc2ccc(-c3cccnc3Cl)cc2)C(=O)Nc2ccc(-c3nnn[nH]3)cc2)CC1. The van der Waals surface area contributed by atoms with Gasteiger partial charge in [-0.2, -0.15) is 0 Å². The predicted molar refractivity (Wildman–Crippen MR) is 178 cm³/mol. The van der Waals surface area contributed by atoms with Crippen LogP contribution >= 0.6 is 11.6 Å². The van der Waals surface area contributed by atoms with Crippen molar-refractivity contribution in [1.29, 1.82) is 0 Å². The molecule has 13 heteroatoms. The van der Waals surface area contributed by atoms with E-state index in [1.54, 1.807) is 30.5 Å². The lowest BCUT2D eigenvalue weighted by molar-refractivity contribution is -0.130. The van der Waals surface area contributed by atoms with Crippen LogP contribution in [0.2, 0.25) is 5.15 Å². The van der Waals surface area contributed by atoms with Crippen LogP contribution in [0.5, 0.6) is 0 Å². The quantitative estimate of drug-likeness (QED) is 0.160. The summed E-state index contributed by atoms with van der Waals surface area (Å²) in [5.41, 5.74) is 3.37. The van der Waals surface area contributed by atoms with Gasteiger partial charge in [0, 0.05) is 41.9 Å². The molecule has 0 radical (unpaired) electrons. The van der Waals surface area contributed by atoms with Gasteiger partial charge >= 0.3 is 6.09 Å². The van der Waals surface area contributed by atoms with Gasteiger partial charge in [0.05, 0.1) is 0 Å². The summed E-state index contributed by atoms with van der Waals surface area (Å²) in [4.78, 5) is 43.4. The maximum Gasteiger partial charge on any atom is 0.407 e. The molecular formula is C34H39ClN8O4. The van der Waals surface area contributed by atoms with Crippen LogP contribution in [0.1, 0.15) is 52.0 Å². The van der Waals surface area contributed by atoms with Gasteiger partial charge in [-0.25, -0.2) is 14.9 Å². The molecule has 2 aromatic carbocycles. The maximum atomic E-state index is 13.6. The first-order valence-electron chi connectivity index (χ1n) is 15.7. The van der Waals surface area contributed by atoms with E-state index in [9.17, 15) is 14.4 Å². The first-order valence-corrected chi connectivity index (χ1v) is 16.0. The van der Waals surface area contributed by atoms with E-state index in [4.69, 9.17) is 16.3 Å². The monoisotopic (exact) mass is 658 g/mol. The number of pyridine rings is 1. The van der Waals surface area contributed by atoms with Gasteiger partial charge in [-0.05, 0) is 110 Å². The lowest BCUT2D eigenvalue weighted by atomic mass is 9.81. The van der Waals surface area contributed by atoms with Crippen LogP contribution < -0.4 is 16.0 Å². The molecule has 5 rings (SSSR count). The molecule has 0 spiro atoms. The summed E-state index contributed by atoms with van der Waals surface area (Å²) in [6, 6.07) is 17.7. The number of aromatic nitrogens is 5. The van der Waals surface area contributed by atoms with Gasteiger partial charge in [-0.15, -0.1) is 5.10 Å². The number of halogens is 1. The van der Waals surface area contributed by atoms with Crippen molar-refractivity contribution in [3.05, 3.63) is 77.6 Å². The minimum absolute atomic E-state index is 0.157. The Bertz CT molecular complexity index is 1650. The molecule has 47 heavy (non-hydrogen) atoms. The standard InChI is InChI=1S/C34H39ClN8O4/c1-34(2,3)47-33(46)37-20-22-8-12-25(13-9-22)31(44)39-28(19-21-6-10-23(11-7-21)27-5-4-18-36-29(27)35)32(45)38-26-16-14-24(15-17-26)30-40-42-43-41-30/h4-7,10-11,14-18,22,25,28H,8-9,12-13,19-20H2,1-3H3,(H,37,46)(H,38,45)(H,39,44)(H,40,41,42,43)/t22?,25?,28-/m0/s1. The number of benzene rings is 2. The van der Waals surface area contributed by atoms with Crippen LogP contribution in [0.4, 0.5) is 10.5 Å². The Hall–Kier alpha value is -4.84. The van der Waals surface area contributed by atoms with Crippen molar-refractivity contribution in [2.24, 2.45) is 11.8 Å². The molecular weight excluding hydrogens is 620 g/mol. The number of carbonyl (C=O) groups is 3. The second kappa shape index (κ2) is 15.2. The van der Waals surface area contributed by atoms with Crippen LogP contribution in [-0.2, 0) is 20.7 Å². The highest BCUT2D eigenvalue weighted by Gasteiger charge is 2.30. The van der Waals surface area contributed by atoms with Crippen molar-refractivity contribution >= 4 is 35.2 Å². The van der Waals surface area contributed by atoms with Crippen LogP contribution in [0, 0.1) is 11.8 Å². The number of tetrazole rings is 1. The molecule has 0 aliphatic heterocycles. The van der Waals surface area contributed by atoms with Crippen molar-refractivity contribution in [3.63, 3.8) is 0 Å². The van der Waals surface area contributed by atoms with Crippen molar-refractivity contribution < 1.29 is 19.1 Å². The van der Waals surface area contributed by atoms with Gasteiger partial charge in [-0.1, -0.05) is 35.9 Å². The Balaban J connectivity index is 1.23. The summed E-state index contributed by atoms with van der Waals surface area (Å²) in [5, 5.41) is 23.0. The number of hydrogen-bond acceptors (Lipinski definition) is 8. The molecule has 4 N–H and O–H groups in total. The van der Waals surface area contributed by atoms with E-state index in [1.807, 2.05) is 57.2 Å². The van der Waals surface area contributed by atoms with E-state index in [0.717, 1.165) is 35.1 Å². The average Bonchev–Trinajstić information content (AvgIpc) is 3.59. The normalized spacial score (nSPS) is 16.9. The second-order valence-electron chi connectivity index (χ2n) is 12.7. The predicted octanol–water partition coefficient (Wildman–Crippen LogP) is 5.58. The molecule has 1 saturated carbocycles. The number of nitrogens with zero attached hydrogens (tertiary/aromatic N) is 4. The van der Waals surface area contributed by atoms with Crippen LogP contribution in [0.3, 0.4) is 0 Å². The minimum atomic E-state index is -0.819. The lowest BCUT2D eigenvalue weighted by Crippen LogP contribution is -2.48. The van der Waals surface area contributed by atoms with E-state index in [-0.39, 0.29) is 30.1 Å². The first kappa shape index (κ1) is 33.5. The Kier molecular flexibility index (Phi) is 10.8. The highest BCUT2D eigenvalue weighted by Crippen LogP contribution is 2.29. The highest BCUT2D eigenvalue weighted by molar-refractivity contribution is 6.32. The Morgan fingerprint density at radius 3 is 2.32 bits per heavy atom. The molecule has 3 amide bonds. The summed E-state index contributed by atoms with van der Waals surface area (Å²) in [6.45, 7) is 5.97. The number of amides is 3. The van der Waals surface area contributed by atoms with E-state index < -0.39 is 17.7 Å². The zero-order chi connectivity index (χ0) is 33.4. The molecule has 2 heterocycles. The number of carbonyl (C=O) groups excluding carboxylic acids is 3. The third-order valence-corrected chi connectivity index (χ3v) is 8.32. The Morgan fingerprint density at radius 1 is 0.979 bits per heavy atom. The number of H-pyrrole nitrogens is 1. The molecule has 0 saturated heterocycles. The maximum absolute atomic E-state index is 13.6. The number of alkyl carbamates (subject to hydrolysis) is 1. The Morgan fingerprint density at radius 2 is 1.68 bits per heavy atom. The van der Waals surface area contributed by atoms with Crippen molar-refractivity contribution in [2.45, 2.75) is 64.5 Å². The van der Waals surface area contributed by atoms with Crippen molar-refractivity contribution in [2.75, 3.05) is 11.9 Å². The molecule has 12 nitrogen and oxygen atoms in total. The number of nitrogens with one attached hydrogen (secondary N) is 4. The third-order valence-electron chi connectivity index (χ3n) is 8.02. The first-order chi connectivity index (χ1) is 22.5. The molecule has 4 aromatic rings. The zero-order valence-corrected chi connectivity index (χ0v) is 27.4. The summed E-state index contributed by atoms with van der Waals surface area (Å²) in [7, 11) is 0. The molecule has 0 bridgehead atoms. The van der Waals surface area contributed by atoms with Crippen LogP contribution in [-0.4, -0.2) is 61.7 Å². The highest BCUT2D eigenvalue weighted by atomic mass is 35.5. The molecule has 1 fully saturated rings. The molecule has 1 atom stereocenters. The summed E-state index contributed by atoms with van der Waals surface area (Å²) in [5.74, 6) is 0.0539. The molecule has 1 aliphatic rings. The van der Waals surface area contributed by atoms with Crippen molar-refractivity contribution in [3.8, 4) is 22.5 Å². The summed E-state index contributed by atoms with van der Waals surface area (Å²) in [6.07, 6.45) is 4.39. The molecule has 1 aliphatic carbocycles. The minimum Gasteiger partial charge on any atom is -0.444 e. The van der Waals surface area contributed by atoms with E-state index >= 15 is 0 Å². The lowest BCUT2D eigenvalue weighted by Gasteiger charge is -2.29.